The van der Waals surface area contributed by atoms with Crippen molar-refractivity contribution in [2.45, 2.75) is 25.7 Å². The monoisotopic (exact) mass is 395 g/mol. The van der Waals surface area contributed by atoms with Gasteiger partial charge in [-0.2, -0.15) is 0 Å². The van der Waals surface area contributed by atoms with Gasteiger partial charge in [0.05, 0.1) is 0 Å². The van der Waals surface area contributed by atoms with Crippen LogP contribution >= 0.6 is 0 Å². The molecule has 0 aromatic carbocycles. The third-order valence-electron chi connectivity index (χ3n) is 7.23. The van der Waals surface area contributed by atoms with Crippen LogP contribution in [0.25, 0.3) is 0 Å². The van der Waals surface area contributed by atoms with Crippen LogP contribution in [-0.2, 0) is 9.59 Å². The summed E-state index contributed by atoms with van der Waals surface area (Å²) in [6.07, 6.45) is 11.6. The van der Waals surface area contributed by atoms with E-state index in [1.54, 1.807) is 17.3 Å². The number of hydrogen-bond acceptors (Lipinski definition) is 6. The maximum Gasteiger partial charge on any atom is 0.232 e. The van der Waals surface area contributed by atoms with Gasteiger partial charge in [-0.1, -0.05) is 12.2 Å². The largest absolute Gasteiger partial charge is 0.338 e. The molecule has 3 heterocycles. The fourth-order valence-electron chi connectivity index (χ4n) is 5.67. The van der Waals surface area contributed by atoms with Crippen molar-refractivity contribution in [2.24, 2.45) is 23.7 Å². The average Bonchev–Trinajstić information content (AvgIpc) is 3.35. The smallest absolute Gasteiger partial charge is 0.232 e. The van der Waals surface area contributed by atoms with E-state index in [-0.39, 0.29) is 23.7 Å². The molecule has 154 valence electrons. The molecule has 1 saturated carbocycles. The number of nitrogens with zero attached hydrogens (tertiary/aromatic N) is 5. The number of anilines is 1. The van der Waals surface area contributed by atoms with Crippen LogP contribution in [0.15, 0.2) is 30.6 Å². The summed E-state index contributed by atoms with van der Waals surface area (Å²) in [5, 5.41) is 0. The van der Waals surface area contributed by atoms with Crippen LogP contribution in [0.4, 0.5) is 5.95 Å². The van der Waals surface area contributed by atoms with Crippen molar-refractivity contribution >= 4 is 17.8 Å². The van der Waals surface area contributed by atoms with E-state index in [4.69, 9.17) is 0 Å². The van der Waals surface area contributed by atoms with Gasteiger partial charge in [-0.15, -0.1) is 0 Å². The summed E-state index contributed by atoms with van der Waals surface area (Å²) in [4.78, 5) is 40.6. The Hall–Kier alpha value is -2.28. The molecule has 1 aromatic heterocycles. The van der Waals surface area contributed by atoms with Crippen molar-refractivity contribution < 1.29 is 9.59 Å². The number of allylic oxidation sites excluding steroid dienone is 2. The molecule has 3 fully saturated rings. The van der Waals surface area contributed by atoms with E-state index in [0.717, 1.165) is 64.4 Å². The molecule has 5 rings (SSSR count). The second-order valence-corrected chi connectivity index (χ2v) is 8.77. The molecule has 0 spiro atoms. The minimum atomic E-state index is 0.0507. The Balaban J connectivity index is 1.07. The number of amides is 2. The number of imide groups is 1. The number of unbranched alkanes of at least 4 members (excludes halogenated alkanes) is 1. The number of piperazine rings is 1. The highest BCUT2D eigenvalue weighted by atomic mass is 16.2. The Kier molecular flexibility index (Phi) is 5.08. The fourth-order valence-corrected chi connectivity index (χ4v) is 5.67. The molecule has 4 unspecified atom stereocenters. The van der Waals surface area contributed by atoms with E-state index < -0.39 is 0 Å². The predicted molar refractivity (Wildman–Crippen MR) is 109 cm³/mol. The summed E-state index contributed by atoms with van der Waals surface area (Å²) in [5.41, 5.74) is 0. The lowest BCUT2D eigenvalue weighted by atomic mass is 9.90. The first-order valence-corrected chi connectivity index (χ1v) is 11.0. The van der Waals surface area contributed by atoms with Gasteiger partial charge in [0.2, 0.25) is 17.8 Å². The van der Waals surface area contributed by atoms with Crippen molar-refractivity contribution in [3.63, 3.8) is 0 Å². The van der Waals surface area contributed by atoms with E-state index in [0.29, 0.717) is 18.4 Å². The van der Waals surface area contributed by atoms with E-state index in [9.17, 15) is 9.59 Å². The molecular weight excluding hydrogens is 366 g/mol. The number of likely N-dealkylation sites (tertiary alicyclic amines) is 1. The Bertz CT molecular complexity index is 790. The lowest BCUT2D eigenvalue weighted by molar-refractivity contribution is -0.153. The summed E-state index contributed by atoms with van der Waals surface area (Å²) in [6.45, 7) is 5.48. The molecule has 2 amide bonds. The van der Waals surface area contributed by atoms with Crippen molar-refractivity contribution in [3.8, 4) is 0 Å². The van der Waals surface area contributed by atoms with Gasteiger partial charge in [0.25, 0.3) is 0 Å². The van der Waals surface area contributed by atoms with Gasteiger partial charge in [-0.3, -0.25) is 19.4 Å². The molecule has 2 bridgehead atoms. The van der Waals surface area contributed by atoms with Crippen LogP contribution in [0.2, 0.25) is 0 Å². The van der Waals surface area contributed by atoms with Gasteiger partial charge in [-0.25, -0.2) is 9.97 Å². The van der Waals surface area contributed by atoms with Gasteiger partial charge in [0.1, 0.15) is 0 Å². The number of carbonyl (C=O) groups is 2. The summed E-state index contributed by atoms with van der Waals surface area (Å²) in [7, 11) is 0. The Morgan fingerprint density at radius 3 is 2.45 bits per heavy atom. The molecule has 0 radical (unpaired) electrons. The SMILES string of the molecule is O=C1C2CC(C(=O)N1CCCCN1CCN(c3ncccn3)CC1)C1CC=CC21. The highest BCUT2D eigenvalue weighted by Gasteiger charge is 2.55. The van der Waals surface area contributed by atoms with Crippen LogP contribution in [-0.4, -0.2) is 70.9 Å². The fraction of sp³-hybridized carbons (Fsp3) is 0.636. The zero-order valence-corrected chi connectivity index (χ0v) is 16.8. The number of fused-ring (bicyclic) bond motifs is 5. The Morgan fingerprint density at radius 1 is 0.931 bits per heavy atom. The van der Waals surface area contributed by atoms with Crippen molar-refractivity contribution in [2.75, 3.05) is 44.2 Å². The third kappa shape index (κ3) is 3.45. The van der Waals surface area contributed by atoms with Gasteiger partial charge in [0, 0.05) is 57.0 Å². The first-order chi connectivity index (χ1) is 14.2. The minimum absolute atomic E-state index is 0.0507. The first kappa shape index (κ1) is 18.7. The van der Waals surface area contributed by atoms with Crippen molar-refractivity contribution in [1.29, 1.82) is 0 Å². The topological polar surface area (TPSA) is 69.6 Å². The van der Waals surface area contributed by atoms with Gasteiger partial charge in [0.15, 0.2) is 0 Å². The summed E-state index contributed by atoms with van der Waals surface area (Å²) in [6, 6.07) is 1.84. The molecule has 29 heavy (non-hydrogen) atoms. The molecule has 7 heteroatoms. The van der Waals surface area contributed by atoms with Gasteiger partial charge >= 0.3 is 0 Å². The molecule has 2 saturated heterocycles. The number of hydrogen-bond donors (Lipinski definition) is 0. The molecule has 2 aliphatic heterocycles. The van der Waals surface area contributed by atoms with Gasteiger partial charge < -0.3 is 4.90 Å². The normalized spacial score (nSPS) is 31.6. The van der Waals surface area contributed by atoms with Crippen LogP contribution in [0.1, 0.15) is 25.7 Å². The zero-order chi connectivity index (χ0) is 19.8. The molecular formula is C22H29N5O2. The maximum absolute atomic E-state index is 12.9. The second-order valence-electron chi connectivity index (χ2n) is 8.77. The van der Waals surface area contributed by atoms with E-state index in [1.165, 1.54) is 0 Å². The zero-order valence-electron chi connectivity index (χ0n) is 16.8. The summed E-state index contributed by atoms with van der Waals surface area (Å²) in [5.74, 6) is 1.81. The van der Waals surface area contributed by atoms with E-state index in [1.807, 2.05) is 6.07 Å². The predicted octanol–water partition coefficient (Wildman–Crippen LogP) is 1.58. The number of aromatic nitrogens is 2. The lowest BCUT2D eigenvalue weighted by Gasteiger charge is -2.35. The first-order valence-electron chi connectivity index (χ1n) is 11.0. The second kappa shape index (κ2) is 7.86. The van der Waals surface area contributed by atoms with Crippen LogP contribution < -0.4 is 4.90 Å². The van der Waals surface area contributed by atoms with Gasteiger partial charge in [-0.05, 0) is 50.1 Å². The summed E-state index contributed by atoms with van der Waals surface area (Å²) < 4.78 is 0. The van der Waals surface area contributed by atoms with E-state index in [2.05, 4.69) is 31.9 Å². The molecule has 7 nitrogen and oxygen atoms in total. The summed E-state index contributed by atoms with van der Waals surface area (Å²) >= 11 is 0. The highest BCUT2D eigenvalue weighted by molar-refractivity contribution is 6.01. The van der Waals surface area contributed by atoms with E-state index >= 15 is 0 Å². The number of piperidine rings is 1. The van der Waals surface area contributed by atoms with Crippen LogP contribution in [0, 0.1) is 23.7 Å². The Morgan fingerprint density at radius 2 is 1.66 bits per heavy atom. The van der Waals surface area contributed by atoms with Crippen LogP contribution in [0.3, 0.4) is 0 Å². The minimum Gasteiger partial charge on any atom is -0.338 e. The lowest BCUT2D eigenvalue weighted by Crippen LogP contribution is -2.48. The standard InChI is InChI=1S/C22H29N5O2/c28-20-18-15-19(17-6-3-5-16(17)18)21(29)27(20)10-2-1-9-25-11-13-26(14-12-25)22-23-7-4-8-24-22/h3-5,7-8,16-19H,1-2,6,9-15H2. The number of carbonyl (C=O) groups excluding carboxylic acids is 2. The molecule has 1 aromatic rings. The Labute approximate surface area is 171 Å². The third-order valence-corrected chi connectivity index (χ3v) is 7.23. The maximum atomic E-state index is 12.9. The molecule has 4 atom stereocenters. The van der Waals surface area contributed by atoms with Crippen LogP contribution in [0.5, 0.6) is 0 Å². The number of rotatable bonds is 6. The highest BCUT2D eigenvalue weighted by Crippen LogP contribution is 2.51. The van der Waals surface area contributed by atoms with Crippen molar-refractivity contribution in [1.82, 2.24) is 19.8 Å². The molecule has 0 N–H and O–H groups in total. The molecule has 4 aliphatic rings. The molecule has 2 aliphatic carbocycles. The van der Waals surface area contributed by atoms with Crippen molar-refractivity contribution in [3.05, 3.63) is 30.6 Å². The average molecular weight is 396 g/mol. The quantitative estimate of drug-likeness (QED) is 0.414.